The number of rotatable bonds is 10. The van der Waals surface area contributed by atoms with Crippen LogP contribution in [0.5, 0.6) is 0 Å². The van der Waals surface area contributed by atoms with Crippen LogP contribution in [-0.4, -0.2) is 24.9 Å². The number of nitrogens with zero attached hydrogens (tertiary/aromatic N) is 5. The fourth-order valence-electron chi connectivity index (χ4n) is 7.17. The first kappa shape index (κ1) is 68.3. The molecule has 0 saturated heterocycles. The van der Waals surface area contributed by atoms with Crippen molar-refractivity contribution in [2.75, 3.05) is 0 Å². The van der Waals surface area contributed by atoms with Crippen molar-refractivity contribution in [1.29, 1.82) is 0 Å². The van der Waals surface area contributed by atoms with Gasteiger partial charge in [0.05, 0.1) is 0 Å². The summed E-state index contributed by atoms with van der Waals surface area (Å²) >= 11 is 0. The van der Waals surface area contributed by atoms with Crippen molar-refractivity contribution >= 4 is 0 Å². The summed E-state index contributed by atoms with van der Waals surface area (Å²) in [4.78, 5) is 22.2. The smallest absolute Gasteiger partial charge is 0.0429 e. The van der Waals surface area contributed by atoms with Gasteiger partial charge in [-0.25, -0.2) is 0 Å². The van der Waals surface area contributed by atoms with E-state index in [1.54, 1.807) is 0 Å². The molecule has 0 unspecified atom stereocenters. The molecule has 5 aromatic heterocycles. The maximum Gasteiger partial charge on any atom is 0.0429 e. The van der Waals surface area contributed by atoms with Crippen LogP contribution in [0.2, 0.25) is 0 Å². The van der Waals surface area contributed by atoms with Gasteiger partial charge in [0, 0.05) is 161 Å². The molecule has 2 radical (unpaired) electrons. The zero-order valence-corrected chi connectivity index (χ0v) is 54.7. The molecule has 0 atom stereocenters. The average Bonchev–Trinajstić information content (AvgIpc) is 3.37. The van der Waals surface area contributed by atoms with Crippen LogP contribution in [0.1, 0.15) is 84.8 Å². The van der Waals surface area contributed by atoms with Gasteiger partial charge in [0.25, 0.3) is 0 Å². The molecule has 10 rings (SSSR count). The summed E-state index contributed by atoms with van der Waals surface area (Å²) in [7, 11) is 0. The summed E-state index contributed by atoms with van der Waals surface area (Å²) in [6.45, 7) is 10.1. The minimum Gasteiger partial charge on any atom is -0.258 e. The summed E-state index contributed by atoms with van der Waals surface area (Å²) in [6, 6.07) is 86.6. The monoisotopic (exact) mass is 1520 g/mol. The number of aromatic nitrogens is 5. The molecular weight excluding hydrogens is 1460 g/mol. The van der Waals surface area contributed by atoms with Crippen LogP contribution in [0.25, 0.3) is 0 Å². The SMILES string of the molecule is Cc1cccc(Cc2[c-]cccc2)n1.Cc1cccc(Cc2[c-]cccc2)n1.Cc1cccc(Cc2[c-]cccc2)n1.Cc1cccc(Cc2[c-]cccc2)n1.Cc1cccc(Cc2[c-]cccc2)n1.[Cr].[Mo].[Nb].[Ta].[W]. The number of pyridine rings is 5. The van der Waals surface area contributed by atoms with Crippen molar-refractivity contribution < 1.29 is 104 Å². The zero-order valence-electron chi connectivity index (χ0n) is 43.1. The summed E-state index contributed by atoms with van der Waals surface area (Å²) in [5.41, 5.74) is 16.8. The Balaban J connectivity index is 0.000000461. The Morgan fingerprint density at radius 2 is 0.453 bits per heavy atom. The Labute approximate surface area is 518 Å². The maximum atomic E-state index is 4.45. The third kappa shape index (κ3) is 28.3. The van der Waals surface area contributed by atoms with Crippen LogP contribution < -0.4 is 0 Å². The van der Waals surface area contributed by atoms with E-state index in [9.17, 15) is 0 Å². The van der Waals surface area contributed by atoms with Crippen LogP contribution >= 0.6 is 0 Å². The number of hydrogen-bond acceptors (Lipinski definition) is 5. The third-order valence-electron chi connectivity index (χ3n) is 10.5. The number of aryl methyl sites for hydroxylation is 5. The van der Waals surface area contributed by atoms with Gasteiger partial charge >= 0.3 is 0 Å². The molecule has 378 valence electrons. The fraction of sp³-hybridized carbons (Fsp3) is 0.154. The van der Waals surface area contributed by atoms with Crippen LogP contribution in [-0.2, 0) is 136 Å². The second-order valence-electron chi connectivity index (χ2n) is 16.7. The predicted molar refractivity (Wildman–Crippen MR) is 285 cm³/mol. The van der Waals surface area contributed by atoms with Gasteiger partial charge < -0.3 is 0 Å². The van der Waals surface area contributed by atoms with Gasteiger partial charge in [0.2, 0.25) is 0 Å². The predicted octanol–water partition coefficient (Wildman–Crippen LogP) is 13.9. The molecule has 5 aromatic carbocycles. The van der Waals surface area contributed by atoms with Crippen LogP contribution in [0, 0.1) is 65.0 Å². The Morgan fingerprint density at radius 3 is 0.587 bits per heavy atom. The molecule has 10 aromatic rings. The summed E-state index contributed by atoms with van der Waals surface area (Å²) in [6.07, 6.45) is 4.32. The Hall–Kier alpha value is -4.76. The Bertz CT molecular complexity index is 2550. The molecule has 5 heterocycles. The van der Waals surface area contributed by atoms with E-state index < -0.39 is 0 Å². The second kappa shape index (κ2) is 39.6. The maximum absolute atomic E-state index is 4.45. The third-order valence-corrected chi connectivity index (χ3v) is 10.5. The van der Waals surface area contributed by atoms with Crippen LogP contribution in [0.15, 0.2) is 212 Å². The van der Waals surface area contributed by atoms with Crippen LogP contribution in [0.4, 0.5) is 0 Å². The number of hydrogen-bond donors (Lipinski definition) is 0. The molecule has 75 heavy (non-hydrogen) atoms. The van der Waals surface area contributed by atoms with Gasteiger partial charge in [-0.1, -0.05) is 30.3 Å². The molecule has 0 aliphatic rings. The molecule has 10 heteroatoms. The standard InChI is InChI=1S/5C13H12N.Cr.Mo.Nb.Ta.W/c5*1-11-6-5-9-13(14-11)10-12-7-3-2-4-8-12;;;;;/h5*2-7,9H,10H2,1H3;;;;;/q5*-1;;;;;. The van der Waals surface area contributed by atoms with E-state index in [4.69, 9.17) is 0 Å². The summed E-state index contributed by atoms with van der Waals surface area (Å²) in [5.74, 6) is 0. The van der Waals surface area contributed by atoms with Gasteiger partial charge in [-0.15, -0.1) is 0 Å². The molecule has 0 saturated carbocycles. The van der Waals surface area contributed by atoms with Crippen molar-refractivity contribution in [3.05, 3.63) is 327 Å². The van der Waals surface area contributed by atoms with Gasteiger partial charge in [-0.3, -0.25) is 24.9 Å². The molecule has 0 amide bonds. The topological polar surface area (TPSA) is 64.5 Å². The van der Waals surface area contributed by atoms with Crippen molar-refractivity contribution in [2.24, 2.45) is 0 Å². The molecule has 0 fully saturated rings. The first-order chi connectivity index (χ1) is 34.2. The first-order valence-electron chi connectivity index (χ1n) is 23.6. The largest absolute Gasteiger partial charge is 0.258 e. The first-order valence-corrected chi connectivity index (χ1v) is 23.6. The Kier molecular flexibility index (Phi) is 36.0. The van der Waals surface area contributed by atoms with Gasteiger partial charge in [0.1, 0.15) is 0 Å². The summed E-state index contributed by atoms with van der Waals surface area (Å²) < 4.78 is 0. The second-order valence-corrected chi connectivity index (χ2v) is 16.7. The van der Waals surface area contributed by atoms with E-state index in [0.29, 0.717) is 0 Å². The molecule has 5 nitrogen and oxygen atoms in total. The molecule has 0 aliphatic heterocycles. The minimum absolute atomic E-state index is 0. The quantitative estimate of drug-likeness (QED) is 0.101. The number of benzene rings is 5. The molecule has 0 N–H and O–H groups in total. The molecular formula is C65H60CrMoN5NbTaW-5. The molecule has 0 bridgehead atoms. The van der Waals surface area contributed by atoms with E-state index in [2.05, 4.69) is 85.6 Å². The van der Waals surface area contributed by atoms with E-state index in [0.717, 1.165) is 89.0 Å². The minimum atomic E-state index is 0. The van der Waals surface area contributed by atoms with Gasteiger partial charge in [0.15, 0.2) is 0 Å². The van der Waals surface area contributed by atoms with E-state index in [1.165, 1.54) is 27.8 Å². The van der Waals surface area contributed by atoms with Crippen molar-refractivity contribution in [3.8, 4) is 0 Å². The van der Waals surface area contributed by atoms with E-state index in [1.807, 2.05) is 217 Å². The molecule has 0 aliphatic carbocycles. The zero-order chi connectivity index (χ0) is 49.0. The molecule has 0 spiro atoms. The Morgan fingerprint density at radius 1 is 0.280 bits per heavy atom. The van der Waals surface area contributed by atoms with E-state index in [-0.39, 0.29) is 104 Å². The van der Waals surface area contributed by atoms with Crippen molar-refractivity contribution in [3.63, 3.8) is 0 Å². The van der Waals surface area contributed by atoms with Gasteiger partial charge in [-0.05, 0) is 127 Å². The fourth-order valence-corrected chi connectivity index (χ4v) is 7.17. The normalized spacial score (nSPS) is 9.40. The van der Waals surface area contributed by atoms with E-state index >= 15 is 0 Å². The average molecular weight is 1520 g/mol. The van der Waals surface area contributed by atoms with Gasteiger partial charge in [-0.2, -0.15) is 179 Å². The van der Waals surface area contributed by atoms with Crippen molar-refractivity contribution in [2.45, 2.75) is 66.7 Å². The van der Waals surface area contributed by atoms with Crippen LogP contribution in [0.3, 0.4) is 0 Å². The van der Waals surface area contributed by atoms with Crippen molar-refractivity contribution in [1.82, 2.24) is 24.9 Å². The summed E-state index contributed by atoms with van der Waals surface area (Å²) in [5, 5.41) is 0.